The van der Waals surface area contributed by atoms with E-state index in [2.05, 4.69) is 34.3 Å². The highest BCUT2D eigenvalue weighted by Crippen LogP contribution is 2.61. The Kier molecular flexibility index (Phi) is 4.69. The van der Waals surface area contributed by atoms with Gasteiger partial charge < -0.3 is 5.11 Å². The van der Waals surface area contributed by atoms with Crippen molar-refractivity contribution in [2.45, 2.75) is 72.6 Å². The van der Waals surface area contributed by atoms with Gasteiger partial charge in [0, 0.05) is 6.61 Å². The highest BCUT2D eigenvalue weighted by atomic mass is 16.3. The summed E-state index contributed by atoms with van der Waals surface area (Å²) in [6, 6.07) is 0. The van der Waals surface area contributed by atoms with Crippen LogP contribution < -0.4 is 0 Å². The Labute approximate surface area is 125 Å². The predicted molar refractivity (Wildman–Crippen MR) is 86.6 cm³/mol. The van der Waals surface area contributed by atoms with Gasteiger partial charge in [-0.05, 0) is 67.1 Å². The molecule has 0 bridgehead atoms. The van der Waals surface area contributed by atoms with Crippen LogP contribution in [-0.4, -0.2) is 11.7 Å². The van der Waals surface area contributed by atoms with Crippen LogP contribution >= 0.6 is 0 Å². The molecule has 0 aromatic carbocycles. The van der Waals surface area contributed by atoms with Gasteiger partial charge >= 0.3 is 0 Å². The number of hydrogen-bond acceptors (Lipinski definition) is 1. The molecule has 116 valence electrons. The molecular formula is C19H34O. The quantitative estimate of drug-likeness (QED) is 0.701. The predicted octanol–water partition coefficient (Wildman–Crippen LogP) is 5.19. The second kappa shape index (κ2) is 5.83. The van der Waals surface area contributed by atoms with E-state index in [0.29, 0.717) is 29.3 Å². The molecule has 0 heterocycles. The molecule has 0 saturated heterocycles. The topological polar surface area (TPSA) is 20.2 Å². The zero-order valence-electron chi connectivity index (χ0n) is 14.0. The average molecular weight is 278 g/mol. The summed E-state index contributed by atoms with van der Waals surface area (Å²) >= 11 is 0. The Bertz CT molecular complexity index is 357. The highest BCUT2D eigenvalue weighted by molar-refractivity contribution is 5.15. The maximum atomic E-state index is 9.29. The molecule has 2 fully saturated rings. The van der Waals surface area contributed by atoms with Crippen molar-refractivity contribution in [1.29, 1.82) is 0 Å². The molecular weight excluding hydrogens is 244 g/mol. The lowest BCUT2D eigenvalue weighted by molar-refractivity contribution is -0.0555. The Morgan fingerprint density at radius 1 is 1.30 bits per heavy atom. The third-order valence-electron chi connectivity index (χ3n) is 6.58. The third-order valence-corrected chi connectivity index (χ3v) is 6.58. The van der Waals surface area contributed by atoms with Crippen LogP contribution in [0.2, 0.25) is 0 Å². The van der Waals surface area contributed by atoms with Gasteiger partial charge in [0.1, 0.15) is 0 Å². The molecule has 1 N–H and O–H groups in total. The molecule has 20 heavy (non-hydrogen) atoms. The first-order valence-electron chi connectivity index (χ1n) is 8.60. The fraction of sp³-hybridized carbons (Fsp3) is 0.895. The zero-order valence-corrected chi connectivity index (χ0v) is 14.0. The molecule has 0 spiro atoms. The van der Waals surface area contributed by atoms with Gasteiger partial charge in [0.25, 0.3) is 0 Å². The van der Waals surface area contributed by atoms with Crippen LogP contribution in [0.15, 0.2) is 12.2 Å². The molecule has 0 amide bonds. The smallest absolute Gasteiger partial charge is 0.0456 e. The van der Waals surface area contributed by atoms with E-state index in [1.165, 1.54) is 44.1 Å². The van der Waals surface area contributed by atoms with Crippen LogP contribution in [0, 0.1) is 28.6 Å². The Morgan fingerprint density at radius 2 is 2.00 bits per heavy atom. The summed E-state index contributed by atoms with van der Waals surface area (Å²) in [6.45, 7) is 14.4. The normalized spacial score (nSPS) is 38.4. The van der Waals surface area contributed by atoms with Crippen molar-refractivity contribution >= 4 is 0 Å². The summed E-state index contributed by atoms with van der Waals surface area (Å²) in [5.41, 5.74) is 2.44. The van der Waals surface area contributed by atoms with Crippen molar-refractivity contribution in [2.75, 3.05) is 6.61 Å². The highest BCUT2D eigenvalue weighted by Gasteiger charge is 2.52. The van der Waals surface area contributed by atoms with Crippen LogP contribution in [0.1, 0.15) is 72.6 Å². The number of hydrogen-bond donors (Lipinski definition) is 1. The molecule has 1 nitrogen and oxygen atoms in total. The van der Waals surface area contributed by atoms with Gasteiger partial charge in [-0.15, -0.1) is 0 Å². The second-order valence-electron chi connectivity index (χ2n) is 8.52. The third kappa shape index (κ3) is 2.84. The summed E-state index contributed by atoms with van der Waals surface area (Å²) in [5, 5.41) is 9.29. The van der Waals surface area contributed by atoms with Crippen molar-refractivity contribution in [1.82, 2.24) is 0 Å². The standard InChI is InChI=1S/C19H34O/c1-14(13-20)7-9-16-15(2)8-10-17-18(3,4)11-6-12-19(16,17)5/h14,16-17,20H,2,6-13H2,1,3-5H3/t14?,16-,17-,19+/m0/s1. The molecule has 0 aromatic rings. The van der Waals surface area contributed by atoms with Gasteiger partial charge in [-0.3, -0.25) is 0 Å². The van der Waals surface area contributed by atoms with E-state index in [9.17, 15) is 5.11 Å². The number of allylic oxidation sites excluding steroid dienone is 1. The summed E-state index contributed by atoms with van der Waals surface area (Å²) in [6.07, 6.45) is 9.07. The average Bonchev–Trinajstić information content (AvgIpc) is 2.36. The van der Waals surface area contributed by atoms with Crippen molar-refractivity contribution < 1.29 is 5.11 Å². The maximum Gasteiger partial charge on any atom is 0.0456 e. The van der Waals surface area contributed by atoms with Gasteiger partial charge in [-0.25, -0.2) is 0 Å². The molecule has 1 unspecified atom stereocenters. The first-order valence-corrected chi connectivity index (χ1v) is 8.60. The van der Waals surface area contributed by atoms with Gasteiger partial charge in [-0.2, -0.15) is 0 Å². The van der Waals surface area contributed by atoms with E-state index < -0.39 is 0 Å². The number of fused-ring (bicyclic) bond motifs is 1. The van der Waals surface area contributed by atoms with E-state index in [4.69, 9.17) is 0 Å². The van der Waals surface area contributed by atoms with Gasteiger partial charge in [0.2, 0.25) is 0 Å². The van der Waals surface area contributed by atoms with Crippen molar-refractivity contribution in [3.63, 3.8) is 0 Å². The lowest BCUT2D eigenvalue weighted by atomic mass is 9.47. The van der Waals surface area contributed by atoms with Crippen LogP contribution in [0.25, 0.3) is 0 Å². The van der Waals surface area contributed by atoms with Crippen molar-refractivity contribution in [3.8, 4) is 0 Å². The first-order chi connectivity index (χ1) is 9.31. The molecule has 1 heteroatoms. The molecule has 0 radical (unpaired) electrons. The molecule has 2 saturated carbocycles. The summed E-state index contributed by atoms with van der Waals surface area (Å²) in [5.74, 6) is 1.96. The fourth-order valence-electron chi connectivity index (χ4n) is 5.35. The minimum Gasteiger partial charge on any atom is -0.396 e. The van der Waals surface area contributed by atoms with Crippen LogP contribution in [0.5, 0.6) is 0 Å². The summed E-state index contributed by atoms with van der Waals surface area (Å²) in [4.78, 5) is 0. The van der Waals surface area contributed by atoms with E-state index in [1.807, 2.05) is 0 Å². The fourth-order valence-corrected chi connectivity index (χ4v) is 5.35. The first kappa shape index (κ1) is 16.1. The largest absolute Gasteiger partial charge is 0.396 e. The molecule has 2 aliphatic rings. The van der Waals surface area contributed by atoms with Crippen molar-refractivity contribution in [3.05, 3.63) is 12.2 Å². The minimum absolute atomic E-state index is 0.324. The Morgan fingerprint density at radius 3 is 2.65 bits per heavy atom. The second-order valence-corrected chi connectivity index (χ2v) is 8.52. The van der Waals surface area contributed by atoms with Gasteiger partial charge in [0.15, 0.2) is 0 Å². The molecule has 0 aliphatic heterocycles. The number of aliphatic hydroxyl groups excluding tert-OH is 1. The maximum absolute atomic E-state index is 9.29. The monoisotopic (exact) mass is 278 g/mol. The minimum atomic E-state index is 0.324. The molecule has 4 atom stereocenters. The zero-order chi connectivity index (χ0) is 15.0. The Hall–Kier alpha value is -0.300. The van der Waals surface area contributed by atoms with Gasteiger partial charge in [0.05, 0.1) is 0 Å². The lowest BCUT2D eigenvalue weighted by Gasteiger charge is -2.58. The summed E-state index contributed by atoms with van der Waals surface area (Å²) < 4.78 is 0. The lowest BCUT2D eigenvalue weighted by Crippen LogP contribution is -2.49. The number of rotatable bonds is 4. The van der Waals surface area contributed by atoms with E-state index in [1.54, 1.807) is 0 Å². The van der Waals surface area contributed by atoms with Gasteiger partial charge in [-0.1, -0.05) is 46.3 Å². The van der Waals surface area contributed by atoms with Crippen LogP contribution in [0.3, 0.4) is 0 Å². The van der Waals surface area contributed by atoms with E-state index in [-0.39, 0.29) is 0 Å². The van der Waals surface area contributed by atoms with E-state index in [0.717, 1.165) is 12.3 Å². The Balaban J connectivity index is 2.17. The number of aliphatic hydroxyl groups is 1. The SMILES string of the molecule is C=C1CC[C@H]2C(C)(C)CCC[C@]2(C)[C@H]1CCC(C)CO. The van der Waals surface area contributed by atoms with E-state index >= 15 is 0 Å². The van der Waals surface area contributed by atoms with Crippen LogP contribution in [0.4, 0.5) is 0 Å². The molecule has 0 aromatic heterocycles. The molecule has 2 rings (SSSR count). The van der Waals surface area contributed by atoms with Crippen LogP contribution in [-0.2, 0) is 0 Å². The van der Waals surface area contributed by atoms with Crippen molar-refractivity contribution in [2.24, 2.45) is 28.6 Å². The molecule has 2 aliphatic carbocycles. The summed E-state index contributed by atoms with van der Waals surface area (Å²) in [7, 11) is 0.